The maximum absolute atomic E-state index is 12.2. The normalized spacial score (nSPS) is 20.5. The van der Waals surface area contributed by atoms with Crippen molar-refractivity contribution >= 4 is 11.8 Å². The third kappa shape index (κ3) is 6.45. The van der Waals surface area contributed by atoms with Crippen molar-refractivity contribution in [1.82, 2.24) is 20.0 Å². The van der Waals surface area contributed by atoms with E-state index in [1.807, 2.05) is 4.90 Å². The fourth-order valence-corrected chi connectivity index (χ4v) is 2.87. The lowest BCUT2D eigenvalue weighted by Gasteiger charge is -2.35. The molecule has 0 aliphatic carbocycles. The molecule has 0 atom stereocenters. The van der Waals surface area contributed by atoms with Crippen LogP contribution in [0.25, 0.3) is 0 Å². The number of hydrogen-bond acceptors (Lipinski definition) is 5. The topological polar surface area (TPSA) is 65.1 Å². The predicted molar refractivity (Wildman–Crippen MR) is 88.2 cm³/mol. The van der Waals surface area contributed by atoms with Crippen LogP contribution in [0.1, 0.15) is 19.8 Å². The maximum Gasteiger partial charge on any atom is 0.236 e. The molecule has 2 heterocycles. The number of ether oxygens (including phenoxy) is 1. The number of nitrogens with zero attached hydrogens (tertiary/aromatic N) is 3. The monoisotopic (exact) mass is 326 g/mol. The molecule has 1 N–H and O–H groups in total. The van der Waals surface area contributed by atoms with Gasteiger partial charge < -0.3 is 15.0 Å². The molecule has 0 spiro atoms. The van der Waals surface area contributed by atoms with Crippen LogP contribution in [0.3, 0.4) is 0 Å². The molecule has 0 aromatic rings. The molecule has 132 valence electrons. The van der Waals surface area contributed by atoms with Crippen molar-refractivity contribution in [2.75, 3.05) is 72.1 Å². The molecule has 0 saturated carbocycles. The Kier molecular flexibility index (Phi) is 7.78. The van der Waals surface area contributed by atoms with E-state index < -0.39 is 0 Å². The largest absolute Gasteiger partial charge is 0.378 e. The Morgan fingerprint density at radius 2 is 1.57 bits per heavy atom. The van der Waals surface area contributed by atoms with E-state index in [9.17, 15) is 9.59 Å². The zero-order valence-electron chi connectivity index (χ0n) is 14.3. The number of carbonyl (C=O) groups is 2. The Labute approximate surface area is 138 Å². The van der Waals surface area contributed by atoms with E-state index in [-0.39, 0.29) is 11.8 Å². The van der Waals surface area contributed by atoms with Crippen molar-refractivity contribution in [2.45, 2.75) is 19.8 Å². The molecule has 2 saturated heterocycles. The van der Waals surface area contributed by atoms with E-state index >= 15 is 0 Å². The zero-order valence-corrected chi connectivity index (χ0v) is 14.3. The second-order valence-electron chi connectivity index (χ2n) is 6.25. The highest BCUT2D eigenvalue weighted by Gasteiger charge is 2.23. The first-order valence-electron chi connectivity index (χ1n) is 8.76. The predicted octanol–water partition coefficient (Wildman–Crippen LogP) is -0.621. The molecule has 7 nitrogen and oxygen atoms in total. The summed E-state index contributed by atoms with van der Waals surface area (Å²) in [6, 6.07) is 0. The SMILES string of the molecule is CCCCNC(=O)CN1CCN(CC(=O)N2CCOCC2)CC1. The van der Waals surface area contributed by atoms with Crippen molar-refractivity contribution in [3.63, 3.8) is 0 Å². The van der Waals surface area contributed by atoms with E-state index in [0.717, 1.165) is 45.6 Å². The highest BCUT2D eigenvalue weighted by atomic mass is 16.5. The Balaban J connectivity index is 1.61. The van der Waals surface area contributed by atoms with Crippen molar-refractivity contribution in [3.05, 3.63) is 0 Å². The Morgan fingerprint density at radius 3 is 2.17 bits per heavy atom. The number of piperazine rings is 1. The van der Waals surface area contributed by atoms with Gasteiger partial charge in [-0.05, 0) is 6.42 Å². The molecule has 23 heavy (non-hydrogen) atoms. The molecule has 2 fully saturated rings. The number of morpholine rings is 1. The molecule has 2 amide bonds. The smallest absolute Gasteiger partial charge is 0.236 e. The molecule has 0 aromatic carbocycles. The van der Waals surface area contributed by atoms with Gasteiger partial charge in [0, 0.05) is 45.8 Å². The van der Waals surface area contributed by atoms with Crippen LogP contribution < -0.4 is 5.32 Å². The maximum atomic E-state index is 12.2. The van der Waals surface area contributed by atoms with Gasteiger partial charge in [0.1, 0.15) is 0 Å². The summed E-state index contributed by atoms with van der Waals surface area (Å²) in [5.41, 5.74) is 0. The fraction of sp³-hybridized carbons (Fsp3) is 0.875. The summed E-state index contributed by atoms with van der Waals surface area (Å²) in [6.07, 6.45) is 2.12. The summed E-state index contributed by atoms with van der Waals surface area (Å²) in [4.78, 5) is 30.3. The van der Waals surface area contributed by atoms with Crippen molar-refractivity contribution < 1.29 is 14.3 Å². The summed E-state index contributed by atoms with van der Waals surface area (Å²) in [7, 11) is 0. The molecule has 2 aliphatic rings. The van der Waals surface area contributed by atoms with Crippen LogP contribution >= 0.6 is 0 Å². The average Bonchev–Trinajstić information content (AvgIpc) is 2.57. The number of rotatable bonds is 7. The van der Waals surface area contributed by atoms with Crippen LogP contribution in [-0.2, 0) is 14.3 Å². The van der Waals surface area contributed by atoms with Crippen molar-refractivity contribution in [2.24, 2.45) is 0 Å². The van der Waals surface area contributed by atoms with Crippen LogP contribution in [-0.4, -0.2) is 98.6 Å². The molecule has 2 rings (SSSR count). The number of amides is 2. The third-order valence-corrected chi connectivity index (χ3v) is 4.41. The molecule has 7 heteroatoms. The number of hydrogen-bond donors (Lipinski definition) is 1. The van der Waals surface area contributed by atoms with Gasteiger partial charge in [-0.2, -0.15) is 0 Å². The fourth-order valence-electron chi connectivity index (χ4n) is 2.87. The van der Waals surface area contributed by atoms with E-state index in [4.69, 9.17) is 4.74 Å². The standard InChI is InChI=1S/C16H30N4O3/c1-2-3-4-17-15(21)13-18-5-7-19(8-6-18)14-16(22)20-9-11-23-12-10-20/h2-14H2,1H3,(H,17,21). The molecular formula is C16H30N4O3. The van der Waals surface area contributed by atoms with E-state index in [1.165, 1.54) is 0 Å². The summed E-state index contributed by atoms with van der Waals surface area (Å²) in [5.74, 6) is 0.301. The highest BCUT2D eigenvalue weighted by molar-refractivity contribution is 5.78. The zero-order chi connectivity index (χ0) is 16.5. The first-order valence-corrected chi connectivity index (χ1v) is 8.76. The minimum atomic E-state index is 0.108. The first kappa shape index (κ1) is 18.2. The minimum absolute atomic E-state index is 0.108. The van der Waals surface area contributed by atoms with Gasteiger partial charge in [0.15, 0.2) is 0 Å². The minimum Gasteiger partial charge on any atom is -0.378 e. The molecular weight excluding hydrogens is 296 g/mol. The second kappa shape index (κ2) is 9.85. The van der Waals surface area contributed by atoms with Gasteiger partial charge in [-0.15, -0.1) is 0 Å². The van der Waals surface area contributed by atoms with Crippen molar-refractivity contribution in [3.8, 4) is 0 Å². The summed E-state index contributed by atoms with van der Waals surface area (Å²) in [6.45, 7) is 9.91. The molecule has 0 radical (unpaired) electrons. The summed E-state index contributed by atoms with van der Waals surface area (Å²) >= 11 is 0. The van der Waals surface area contributed by atoms with Gasteiger partial charge in [0.2, 0.25) is 11.8 Å². The van der Waals surface area contributed by atoms with Crippen LogP contribution in [0.5, 0.6) is 0 Å². The first-order chi connectivity index (χ1) is 11.2. The highest BCUT2D eigenvalue weighted by Crippen LogP contribution is 2.04. The van der Waals surface area contributed by atoms with Gasteiger partial charge in [-0.3, -0.25) is 19.4 Å². The summed E-state index contributed by atoms with van der Waals surface area (Å²) < 4.78 is 5.27. The van der Waals surface area contributed by atoms with Gasteiger partial charge >= 0.3 is 0 Å². The van der Waals surface area contributed by atoms with Crippen LogP contribution in [0.15, 0.2) is 0 Å². The lowest BCUT2D eigenvalue weighted by atomic mass is 10.3. The lowest BCUT2D eigenvalue weighted by molar-refractivity contribution is -0.137. The molecule has 0 aromatic heterocycles. The van der Waals surface area contributed by atoms with Crippen LogP contribution in [0.4, 0.5) is 0 Å². The average molecular weight is 326 g/mol. The second-order valence-corrected chi connectivity index (χ2v) is 6.25. The lowest BCUT2D eigenvalue weighted by Crippen LogP contribution is -2.53. The van der Waals surface area contributed by atoms with E-state index in [0.29, 0.717) is 39.4 Å². The Morgan fingerprint density at radius 1 is 0.957 bits per heavy atom. The summed E-state index contributed by atoms with van der Waals surface area (Å²) in [5, 5.41) is 2.95. The number of unbranched alkanes of at least 4 members (excludes halogenated alkanes) is 1. The quantitative estimate of drug-likeness (QED) is 0.632. The molecule has 2 aliphatic heterocycles. The number of carbonyl (C=O) groups excluding carboxylic acids is 2. The van der Waals surface area contributed by atoms with Gasteiger partial charge in [0.05, 0.1) is 26.3 Å². The van der Waals surface area contributed by atoms with E-state index in [1.54, 1.807) is 0 Å². The van der Waals surface area contributed by atoms with Gasteiger partial charge in [-0.25, -0.2) is 0 Å². The molecule has 0 bridgehead atoms. The van der Waals surface area contributed by atoms with Crippen LogP contribution in [0.2, 0.25) is 0 Å². The Hall–Kier alpha value is -1.18. The van der Waals surface area contributed by atoms with Crippen LogP contribution in [0, 0.1) is 0 Å². The van der Waals surface area contributed by atoms with Gasteiger partial charge in [0.25, 0.3) is 0 Å². The molecule has 0 unspecified atom stereocenters. The number of nitrogens with one attached hydrogen (secondary N) is 1. The van der Waals surface area contributed by atoms with E-state index in [2.05, 4.69) is 22.0 Å². The van der Waals surface area contributed by atoms with Crippen molar-refractivity contribution in [1.29, 1.82) is 0 Å². The van der Waals surface area contributed by atoms with Gasteiger partial charge in [-0.1, -0.05) is 13.3 Å². The Bertz CT molecular complexity index is 378. The third-order valence-electron chi connectivity index (χ3n) is 4.41.